The molecule has 0 aliphatic heterocycles. The van der Waals surface area contributed by atoms with Crippen LogP contribution in [-0.2, 0) is 9.47 Å². The maximum Gasteiger partial charge on any atom is 0.222 e. The SMILES string of the molecule is CCOC(C#CCSc1ccccc1)OCC. The molecular weight excluding hydrogens is 232 g/mol. The zero-order valence-electron chi connectivity index (χ0n) is 10.3. The molecule has 1 aromatic rings. The lowest BCUT2D eigenvalue weighted by molar-refractivity contribution is -0.0970. The van der Waals surface area contributed by atoms with Crippen LogP contribution in [0.15, 0.2) is 35.2 Å². The molecule has 0 atom stereocenters. The van der Waals surface area contributed by atoms with Gasteiger partial charge in [0.05, 0.1) is 5.75 Å². The third kappa shape index (κ3) is 6.38. The largest absolute Gasteiger partial charge is 0.342 e. The van der Waals surface area contributed by atoms with E-state index in [1.165, 1.54) is 4.90 Å². The van der Waals surface area contributed by atoms with Crippen molar-refractivity contribution in [2.24, 2.45) is 0 Å². The molecule has 0 aliphatic rings. The topological polar surface area (TPSA) is 18.5 Å². The van der Waals surface area contributed by atoms with Gasteiger partial charge in [-0.2, -0.15) is 0 Å². The summed E-state index contributed by atoms with van der Waals surface area (Å²) in [6.45, 7) is 5.11. The molecule has 0 saturated heterocycles. The van der Waals surface area contributed by atoms with Crippen LogP contribution in [0.2, 0.25) is 0 Å². The fourth-order valence-corrected chi connectivity index (χ4v) is 1.87. The van der Waals surface area contributed by atoms with Crippen LogP contribution in [0.5, 0.6) is 0 Å². The normalized spacial score (nSPS) is 10.1. The van der Waals surface area contributed by atoms with Crippen LogP contribution in [0, 0.1) is 11.8 Å². The van der Waals surface area contributed by atoms with Gasteiger partial charge in [0, 0.05) is 18.1 Å². The number of hydrogen-bond acceptors (Lipinski definition) is 3. The smallest absolute Gasteiger partial charge is 0.222 e. The molecule has 0 heterocycles. The fraction of sp³-hybridized carbons (Fsp3) is 0.429. The van der Waals surface area contributed by atoms with E-state index >= 15 is 0 Å². The highest BCUT2D eigenvalue weighted by Crippen LogP contribution is 2.15. The van der Waals surface area contributed by atoms with Crippen LogP contribution in [0.1, 0.15) is 13.8 Å². The molecule has 3 heteroatoms. The van der Waals surface area contributed by atoms with Crippen LogP contribution >= 0.6 is 11.8 Å². The van der Waals surface area contributed by atoms with Crippen LogP contribution < -0.4 is 0 Å². The van der Waals surface area contributed by atoms with Crippen LogP contribution in [-0.4, -0.2) is 25.3 Å². The van der Waals surface area contributed by atoms with Gasteiger partial charge < -0.3 is 9.47 Å². The Bertz CT molecular complexity index is 347. The Hall–Kier alpha value is -0.950. The minimum absolute atomic E-state index is 0.388. The van der Waals surface area contributed by atoms with Crippen molar-refractivity contribution in [2.45, 2.75) is 25.0 Å². The first-order chi connectivity index (χ1) is 8.36. The first kappa shape index (κ1) is 14.1. The monoisotopic (exact) mass is 250 g/mol. The quantitative estimate of drug-likeness (QED) is 0.439. The van der Waals surface area contributed by atoms with Crippen LogP contribution in [0.4, 0.5) is 0 Å². The standard InChI is InChI=1S/C14H18O2S/c1-3-15-14(16-4-2)11-8-12-17-13-9-6-5-7-10-13/h5-7,9-10,14H,3-4,12H2,1-2H3. The van der Waals surface area contributed by atoms with E-state index in [0.717, 1.165) is 5.75 Å². The maximum absolute atomic E-state index is 5.33. The summed E-state index contributed by atoms with van der Waals surface area (Å²) in [6, 6.07) is 10.2. The molecule has 0 radical (unpaired) electrons. The van der Waals surface area contributed by atoms with Gasteiger partial charge in [0.2, 0.25) is 6.29 Å². The molecule has 0 bridgehead atoms. The molecule has 0 unspecified atom stereocenters. The molecule has 92 valence electrons. The van der Waals surface area contributed by atoms with Gasteiger partial charge in [-0.05, 0) is 31.9 Å². The van der Waals surface area contributed by atoms with Gasteiger partial charge in [-0.1, -0.05) is 24.1 Å². The summed E-state index contributed by atoms with van der Waals surface area (Å²) in [5.41, 5.74) is 0. The molecule has 0 aromatic heterocycles. The van der Waals surface area contributed by atoms with Gasteiger partial charge >= 0.3 is 0 Å². The van der Waals surface area contributed by atoms with Crippen LogP contribution in [0.25, 0.3) is 0 Å². The third-order valence-electron chi connectivity index (χ3n) is 1.91. The lowest BCUT2D eigenvalue weighted by atomic mass is 10.4. The lowest BCUT2D eigenvalue weighted by Crippen LogP contribution is -2.14. The summed E-state index contributed by atoms with van der Waals surface area (Å²) in [6.07, 6.45) is -0.388. The van der Waals surface area contributed by atoms with Gasteiger partial charge in [-0.3, -0.25) is 0 Å². The second-order valence-corrected chi connectivity index (χ2v) is 4.21. The first-order valence-electron chi connectivity index (χ1n) is 5.76. The zero-order valence-corrected chi connectivity index (χ0v) is 11.1. The molecule has 1 rings (SSSR count). The zero-order chi connectivity index (χ0) is 12.3. The van der Waals surface area contributed by atoms with E-state index in [4.69, 9.17) is 9.47 Å². The second-order valence-electron chi connectivity index (χ2n) is 3.17. The Morgan fingerprint density at radius 3 is 2.35 bits per heavy atom. The van der Waals surface area contributed by atoms with Crippen molar-refractivity contribution in [2.75, 3.05) is 19.0 Å². The van der Waals surface area contributed by atoms with E-state index in [0.29, 0.717) is 13.2 Å². The number of ether oxygens (including phenoxy) is 2. The van der Waals surface area contributed by atoms with E-state index < -0.39 is 0 Å². The highest BCUT2D eigenvalue weighted by atomic mass is 32.2. The molecule has 0 aliphatic carbocycles. The lowest BCUT2D eigenvalue weighted by Gasteiger charge is -2.09. The number of benzene rings is 1. The molecule has 0 fully saturated rings. The summed E-state index contributed by atoms with van der Waals surface area (Å²) in [5, 5.41) is 0. The molecule has 0 spiro atoms. The van der Waals surface area contributed by atoms with E-state index in [1.807, 2.05) is 32.0 Å². The average Bonchev–Trinajstić information content (AvgIpc) is 2.36. The number of thioether (sulfide) groups is 1. The summed E-state index contributed by atoms with van der Waals surface area (Å²) in [7, 11) is 0. The van der Waals surface area contributed by atoms with E-state index in [9.17, 15) is 0 Å². The minimum Gasteiger partial charge on any atom is -0.342 e. The van der Waals surface area contributed by atoms with Gasteiger partial charge in [0.1, 0.15) is 0 Å². The van der Waals surface area contributed by atoms with Crippen molar-refractivity contribution in [1.82, 2.24) is 0 Å². The van der Waals surface area contributed by atoms with Gasteiger partial charge in [-0.25, -0.2) is 0 Å². The van der Waals surface area contributed by atoms with Crippen molar-refractivity contribution >= 4 is 11.8 Å². The van der Waals surface area contributed by atoms with Crippen molar-refractivity contribution in [3.05, 3.63) is 30.3 Å². The van der Waals surface area contributed by atoms with Crippen molar-refractivity contribution < 1.29 is 9.47 Å². The molecule has 1 aromatic carbocycles. The van der Waals surface area contributed by atoms with E-state index in [-0.39, 0.29) is 6.29 Å². The van der Waals surface area contributed by atoms with E-state index in [1.54, 1.807) is 11.8 Å². The molecule has 0 N–H and O–H groups in total. The Labute approximate surface area is 108 Å². The summed E-state index contributed by atoms with van der Waals surface area (Å²) < 4.78 is 10.7. The minimum atomic E-state index is -0.388. The average molecular weight is 250 g/mol. The fourth-order valence-electron chi connectivity index (χ4n) is 1.20. The van der Waals surface area contributed by atoms with Crippen molar-refractivity contribution in [3.63, 3.8) is 0 Å². The maximum atomic E-state index is 5.33. The molecule has 0 amide bonds. The second kappa shape index (κ2) is 9.12. The van der Waals surface area contributed by atoms with Crippen LogP contribution in [0.3, 0.4) is 0 Å². The summed E-state index contributed by atoms with van der Waals surface area (Å²) in [5.74, 6) is 6.79. The number of rotatable bonds is 6. The number of hydrogen-bond donors (Lipinski definition) is 0. The van der Waals surface area contributed by atoms with Gasteiger partial charge in [-0.15, -0.1) is 11.8 Å². The predicted molar refractivity (Wildman–Crippen MR) is 72.0 cm³/mol. The molecule has 2 nitrogen and oxygen atoms in total. The third-order valence-corrected chi connectivity index (χ3v) is 2.80. The first-order valence-corrected chi connectivity index (χ1v) is 6.74. The molecule has 17 heavy (non-hydrogen) atoms. The Kier molecular flexibility index (Phi) is 7.57. The summed E-state index contributed by atoms with van der Waals surface area (Å²) in [4.78, 5) is 1.23. The van der Waals surface area contributed by atoms with Gasteiger partial charge in [0.15, 0.2) is 0 Å². The highest BCUT2D eigenvalue weighted by Gasteiger charge is 2.01. The highest BCUT2D eigenvalue weighted by molar-refractivity contribution is 7.99. The van der Waals surface area contributed by atoms with Gasteiger partial charge in [0.25, 0.3) is 0 Å². The molecular formula is C14H18O2S. The Morgan fingerprint density at radius 2 is 1.76 bits per heavy atom. The predicted octanol–water partition coefficient (Wildman–Crippen LogP) is 3.18. The summed E-state index contributed by atoms with van der Waals surface area (Å²) >= 11 is 1.71. The Morgan fingerprint density at radius 1 is 1.12 bits per heavy atom. The Balaban J connectivity index is 2.33. The van der Waals surface area contributed by atoms with Crippen molar-refractivity contribution in [3.8, 4) is 11.8 Å². The van der Waals surface area contributed by atoms with Crippen molar-refractivity contribution in [1.29, 1.82) is 0 Å². The van der Waals surface area contributed by atoms with E-state index in [2.05, 4.69) is 24.0 Å². The molecule has 0 saturated carbocycles.